The summed E-state index contributed by atoms with van der Waals surface area (Å²) in [5.41, 5.74) is 3.42. The molecular weight excluding hydrogens is 770 g/mol. The van der Waals surface area contributed by atoms with Crippen LogP contribution < -0.4 is 14.2 Å². The van der Waals surface area contributed by atoms with Crippen molar-refractivity contribution in [3.63, 3.8) is 0 Å². The van der Waals surface area contributed by atoms with Gasteiger partial charge >= 0.3 is 0 Å². The second kappa shape index (κ2) is 12.3. The number of rotatable bonds is 12. The molecule has 3 heterocycles. The van der Waals surface area contributed by atoms with Gasteiger partial charge in [0.05, 0.1) is 66.6 Å². The molecule has 0 atom stereocenters. The lowest BCUT2D eigenvalue weighted by molar-refractivity contribution is -0.120. The molecule has 0 aliphatic carbocycles. The first kappa shape index (κ1) is 31.4. The predicted molar refractivity (Wildman–Crippen MR) is 184 cm³/mol. The van der Waals surface area contributed by atoms with Crippen LogP contribution in [0.5, 0.6) is 17.2 Å². The summed E-state index contributed by atoms with van der Waals surface area (Å²) in [6.07, 6.45) is 0. The van der Waals surface area contributed by atoms with E-state index in [9.17, 15) is 0 Å². The standard InChI is InChI=1S/C35H40I2O6/c1-32(15-38-16-32)21-41-27-9-5-24(6-10-27)35(4,25-7-11-30(28(36)13-25)42-22-33(2)17-39-18-33)26-8-12-31(29(37)14-26)43-23-34(3)19-40-20-34/h5-14H,15-23H2,1-4H3. The lowest BCUT2D eigenvalue weighted by atomic mass is 9.71. The third-order valence-electron chi connectivity index (χ3n) is 8.89. The van der Waals surface area contributed by atoms with Gasteiger partial charge in [0.1, 0.15) is 17.2 Å². The van der Waals surface area contributed by atoms with Gasteiger partial charge in [-0.15, -0.1) is 0 Å². The van der Waals surface area contributed by atoms with Crippen LogP contribution in [0.2, 0.25) is 0 Å². The van der Waals surface area contributed by atoms with Gasteiger partial charge in [0.2, 0.25) is 0 Å². The maximum Gasteiger partial charge on any atom is 0.132 e. The van der Waals surface area contributed by atoms with Crippen LogP contribution in [0.15, 0.2) is 60.7 Å². The SMILES string of the molecule is CC1(COc2ccc(C(C)(c3ccc(OCC4(C)COC4)c(I)c3)c3ccc(OCC4(C)COC4)c(I)c3)cc2)COC1. The van der Waals surface area contributed by atoms with Crippen molar-refractivity contribution in [2.45, 2.75) is 33.1 Å². The fourth-order valence-corrected chi connectivity index (χ4v) is 6.95. The summed E-state index contributed by atoms with van der Waals surface area (Å²) in [5.74, 6) is 2.69. The average molecular weight is 811 g/mol. The molecule has 0 radical (unpaired) electrons. The lowest BCUT2D eigenvalue weighted by Gasteiger charge is -2.38. The zero-order valence-corrected chi connectivity index (χ0v) is 29.7. The molecule has 0 saturated carbocycles. The van der Waals surface area contributed by atoms with Gasteiger partial charge in [-0.1, -0.05) is 45.0 Å². The topological polar surface area (TPSA) is 55.4 Å². The molecule has 0 spiro atoms. The fourth-order valence-electron chi connectivity index (χ4n) is 5.61. The molecule has 3 fully saturated rings. The summed E-state index contributed by atoms with van der Waals surface area (Å²) in [6, 6.07) is 21.7. The second-order valence-electron chi connectivity index (χ2n) is 13.7. The van der Waals surface area contributed by atoms with Crippen molar-refractivity contribution in [3.8, 4) is 17.2 Å². The van der Waals surface area contributed by atoms with E-state index in [2.05, 4.69) is 134 Å². The van der Waals surface area contributed by atoms with E-state index >= 15 is 0 Å². The number of halogens is 2. The maximum absolute atomic E-state index is 6.27. The number of hydrogen-bond donors (Lipinski definition) is 0. The number of hydrogen-bond acceptors (Lipinski definition) is 6. The van der Waals surface area contributed by atoms with E-state index < -0.39 is 5.41 Å². The van der Waals surface area contributed by atoms with E-state index in [1.807, 2.05) is 0 Å². The van der Waals surface area contributed by atoms with Crippen molar-refractivity contribution in [2.24, 2.45) is 16.2 Å². The number of ether oxygens (including phenoxy) is 6. The quantitative estimate of drug-likeness (QED) is 0.140. The van der Waals surface area contributed by atoms with Gasteiger partial charge in [-0.3, -0.25) is 0 Å². The molecule has 3 aliphatic heterocycles. The molecule has 0 unspecified atom stereocenters. The normalized spacial score (nSPS) is 19.9. The monoisotopic (exact) mass is 810 g/mol. The van der Waals surface area contributed by atoms with Gasteiger partial charge in [-0.25, -0.2) is 0 Å². The Hall–Kier alpha value is -1.60. The summed E-state index contributed by atoms with van der Waals surface area (Å²) in [6.45, 7) is 15.4. The lowest BCUT2D eigenvalue weighted by Crippen LogP contribution is -2.44. The molecule has 3 saturated heterocycles. The molecule has 3 aromatic rings. The molecule has 8 heteroatoms. The molecule has 43 heavy (non-hydrogen) atoms. The summed E-state index contributed by atoms with van der Waals surface area (Å²) < 4.78 is 37.1. The van der Waals surface area contributed by atoms with E-state index in [1.165, 1.54) is 16.7 Å². The van der Waals surface area contributed by atoms with Crippen LogP contribution in [-0.4, -0.2) is 59.5 Å². The molecule has 0 N–H and O–H groups in total. The number of benzene rings is 3. The highest BCUT2D eigenvalue weighted by Gasteiger charge is 2.37. The molecular formula is C35H40I2O6. The van der Waals surface area contributed by atoms with Crippen LogP contribution in [0.4, 0.5) is 0 Å². The Bertz CT molecular complexity index is 1370. The minimum atomic E-state index is -0.426. The molecule has 0 aromatic heterocycles. The maximum atomic E-state index is 6.27. The van der Waals surface area contributed by atoms with Crippen molar-refractivity contribution in [1.82, 2.24) is 0 Å². The first-order valence-electron chi connectivity index (χ1n) is 14.8. The Morgan fingerprint density at radius 3 is 1.30 bits per heavy atom. The molecule has 6 nitrogen and oxygen atoms in total. The minimum Gasteiger partial charge on any atom is -0.493 e. The highest BCUT2D eigenvalue weighted by molar-refractivity contribution is 14.1. The third kappa shape index (κ3) is 6.68. The zero-order chi connectivity index (χ0) is 30.3. The minimum absolute atomic E-state index is 0.0900. The van der Waals surface area contributed by atoms with Crippen molar-refractivity contribution in [3.05, 3.63) is 84.5 Å². The largest absolute Gasteiger partial charge is 0.493 e. The van der Waals surface area contributed by atoms with Crippen LogP contribution in [0.3, 0.4) is 0 Å². The van der Waals surface area contributed by atoms with Gasteiger partial charge < -0.3 is 28.4 Å². The highest BCUT2D eigenvalue weighted by Crippen LogP contribution is 2.43. The summed E-state index contributed by atoms with van der Waals surface area (Å²) in [7, 11) is 0. The summed E-state index contributed by atoms with van der Waals surface area (Å²) in [5, 5.41) is 0. The second-order valence-corrected chi connectivity index (χ2v) is 16.0. The van der Waals surface area contributed by atoms with Crippen LogP contribution in [-0.2, 0) is 19.6 Å². The van der Waals surface area contributed by atoms with E-state index in [1.54, 1.807) is 0 Å². The first-order valence-corrected chi connectivity index (χ1v) is 17.0. The Balaban J connectivity index is 1.29. The van der Waals surface area contributed by atoms with Gasteiger partial charge in [0.15, 0.2) is 0 Å². The Labute approximate surface area is 282 Å². The predicted octanol–water partition coefficient (Wildman–Crippen LogP) is 7.50. The van der Waals surface area contributed by atoms with Crippen LogP contribution in [0.25, 0.3) is 0 Å². The third-order valence-corrected chi connectivity index (χ3v) is 10.6. The highest BCUT2D eigenvalue weighted by atomic mass is 127. The van der Waals surface area contributed by atoms with Crippen molar-refractivity contribution in [1.29, 1.82) is 0 Å². The van der Waals surface area contributed by atoms with Crippen molar-refractivity contribution >= 4 is 45.2 Å². The van der Waals surface area contributed by atoms with E-state index in [4.69, 9.17) is 28.4 Å². The van der Waals surface area contributed by atoms with Gasteiger partial charge in [-0.2, -0.15) is 0 Å². The summed E-state index contributed by atoms with van der Waals surface area (Å²) in [4.78, 5) is 0. The fraction of sp³-hybridized carbons (Fsp3) is 0.486. The van der Waals surface area contributed by atoms with E-state index in [-0.39, 0.29) is 16.2 Å². The molecule has 3 aromatic carbocycles. The van der Waals surface area contributed by atoms with Crippen LogP contribution in [0, 0.1) is 23.4 Å². The summed E-state index contributed by atoms with van der Waals surface area (Å²) >= 11 is 4.80. The van der Waals surface area contributed by atoms with E-state index in [0.717, 1.165) is 64.0 Å². The van der Waals surface area contributed by atoms with Crippen LogP contribution >= 0.6 is 45.2 Å². The Morgan fingerprint density at radius 2 is 0.953 bits per heavy atom. The Kier molecular flexibility index (Phi) is 8.98. The van der Waals surface area contributed by atoms with Crippen molar-refractivity contribution in [2.75, 3.05) is 59.5 Å². The molecule has 0 amide bonds. The smallest absolute Gasteiger partial charge is 0.132 e. The van der Waals surface area contributed by atoms with Gasteiger partial charge in [0.25, 0.3) is 0 Å². The molecule has 3 aliphatic rings. The van der Waals surface area contributed by atoms with E-state index in [0.29, 0.717) is 19.8 Å². The molecule has 6 rings (SSSR count). The van der Waals surface area contributed by atoms with Gasteiger partial charge in [0, 0.05) is 21.7 Å². The molecule has 230 valence electrons. The Morgan fingerprint density at radius 1 is 0.581 bits per heavy atom. The first-order chi connectivity index (χ1) is 20.5. The zero-order valence-electron chi connectivity index (χ0n) is 25.3. The molecule has 0 bridgehead atoms. The van der Waals surface area contributed by atoms with Gasteiger partial charge in [-0.05, 0) is 105 Å². The van der Waals surface area contributed by atoms with Crippen LogP contribution in [0.1, 0.15) is 44.4 Å². The average Bonchev–Trinajstić information content (AvgIpc) is 2.95. The van der Waals surface area contributed by atoms with Crippen molar-refractivity contribution < 1.29 is 28.4 Å².